The third-order valence-corrected chi connectivity index (χ3v) is 4.16. The zero-order valence-corrected chi connectivity index (χ0v) is 10.9. The lowest BCUT2D eigenvalue weighted by atomic mass is 9.99. The Bertz CT molecular complexity index is 130. The van der Waals surface area contributed by atoms with Crippen LogP contribution in [0.4, 0.5) is 0 Å². The molecule has 0 saturated heterocycles. The van der Waals surface area contributed by atoms with E-state index in [-0.39, 0.29) is 0 Å². The molecule has 0 aliphatic heterocycles. The summed E-state index contributed by atoms with van der Waals surface area (Å²) in [6.45, 7) is 9.01. The highest BCUT2D eigenvalue weighted by atomic mass is 32.2. The molecule has 0 amide bonds. The van der Waals surface area contributed by atoms with Crippen molar-refractivity contribution in [2.45, 2.75) is 64.0 Å². The van der Waals surface area contributed by atoms with E-state index < -0.39 is 0 Å². The molecule has 0 aliphatic rings. The average molecular weight is 218 g/mol. The normalized spacial score (nSPS) is 17.8. The summed E-state index contributed by atoms with van der Waals surface area (Å²) in [6, 6.07) is 0. The number of hydrogen-bond donors (Lipinski definition) is 2. The monoisotopic (exact) mass is 218 g/mol. The van der Waals surface area contributed by atoms with E-state index in [1.807, 2.05) is 11.8 Å². The van der Waals surface area contributed by atoms with Gasteiger partial charge in [0, 0.05) is 5.25 Å². The van der Waals surface area contributed by atoms with Crippen molar-refractivity contribution in [1.29, 1.82) is 0 Å². The van der Waals surface area contributed by atoms with Crippen molar-refractivity contribution >= 4 is 11.8 Å². The van der Waals surface area contributed by atoms with Crippen LogP contribution in [-0.2, 0) is 0 Å². The van der Waals surface area contributed by atoms with E-state index in [1.165, 1.54) is 25.7 Å². The fourth-order valence-electron chi connectivity index (χ4n) is 1.71. The van der Waals surface area contributed by atoms with Crippen LogP contribution in [0.3, 0.4) is 0 Å². The molecule has 86 valence electrons. The molecule has 0 saturated carbocycles. The Morgan fingerprint density at radius 2 is 1.71 bits per heavy atom. The molecule has 0 spiro atoms. The second kappa shape index (κ2) is 8.57. The molecule has 3 atom stereocenters. The van der Waals surface area contributed by atoms with Crippen molar-refractivity contribution < 1.29 is 0 Å². The molecular formula is C11H26N2S. The molecule has 0 aromatic heterocycles. The van der Waals surface area contributed by atoms with Gasteiger partial charge in [-0.3, -0.25) is 5.84 Å². The molecule has 3 N–H and O–H groups in total. The highest BCUT2D eigenvalue weighted by Gasteiger charge is 2.18. The molecule has 3 heteroatoms. The largest absolute Gasteiger partial charge is 0.270 e. The second-order valence-corrected chi connectivity index (χ2v) is 5.62. The first-order valence-electron chi connectivity index (χ1n) is 5.77. The van der Waals surface area contributed by atoms with Gasteiger partial charge in [0.15, 0.2) is 0 Å². The summed E-state index contributed by atoms with van der Waals surface area (Å²) in [5, 5.41) is 1.12. The van der Waals surface area contributed by atoms with Crippen molar-refractivity contribution in [2.75, 3.05) is 0 Å². The van der Waals surface area contributed by atoms with Crippen molar-refractivity contribution in [2.24, 2.45) is 11.8 Å². The SMILES string of the molecule is CCCC(C)C(CCC)SC(C)NN. The van der Waals surface area contributed by atoms with E-state index in [9.17, 15) is 0 Å². The molecule has 0 heterocycles. The summed E-state index contributed by atoms with van der Waals surface area (Å²) in [7, 11) is 0. The smallest absolute Gasteiger partial charge is 0.0638 e. The summed E-state index contributed by atoms with van der Waals surface area (Å²) < 4.78 is 0. The van der Waals surface area contributed by atoms with Crippen LogP contribution >= 0.6 is 11.8 Å². The number of thioether (sulfide) groups is 1. The van der Waals surface area contributed by atoms with Gasteiger partial charge < -0.3 is 0 Å². The van der Waals surface area contributed by atoms with Gasteiger partial charge in [-0.1, -0.05) is 33.6 Å². The summed E-state index contributed by atoms with van der Waals surface area (Å²) in [5.74, 6) is 6.23. The van der Waals surface area contributed by atoms with E-state index in [1.54, 1.807) is 0 Å². The highest BCUT2D eigenvalue weighted by molar-refractivity contribution is 8.00. The summed E-state index contributed by atoms with van der Waals surface area (Å²) in [6.07, 6.45) is 5.18. The van der Waals surface area contributed by atoms with Crippen LogP contribution < -0.4 is 11.3 Å². The van der Waals surface area contributed by atoms with Crippen LogP contribution in [0.25, 0.3) is 0 Å². The second-order valence-electron chi connectivity index (χ2n) is 4.04. The third-order valence-electron chi connectivity index (χ3n) is 2.57. The zero-order chi connectivity index (χ0) is 11.0. The van der Waals surface area contributed by atoms with Gasteiger partial charge in [-0.25, -0.2) is 5.43 Å². The standard InChI is InChI=1S/C11H26N2S/c1-5-7-9(3)11(8-6-2)14-10(4)13-12/h9-11,13H,5-8,12H2,1-4H3. The molecule has 0 rings (SSSR count). The zero-order valence-electron chi connectivity index (χ0n) is 10.0. The van der Waals surface area contributed by atoms with Crippen LogP contribution in [0.5, 0.6) is 0 Å². The first kappa shape index (κ1) is 14.3. The van der Waals surface area contributed by atoms with Crippen molar-refractivity contribution in [3.8, 4) is 0 Å². The van der Waals surface area contributed by atoms with Gasteiger partial charge in [-0.2, -0.15) is 0 Å². The van der Waals surface area contributed by atoms with Crippen molar-refractivity contribution in [3.05, 3.63) is 0 Å². The molecule has 0 radical (unpaired) electrons. The van der Waals surface area contributed by atoms with Crippen LogP contribution in [0, 0.1) is 5.92 Å². The fourth-order valence-corrected chi connectivity index (χ4v) is 3.09. The van der Waals surface area contributed by atoms with Gasteiger partial charge in [-0.05, 0) is 25.7 Å². The molecule has 0 aromatic rings. The van der Waals surface area contributed by atoms with E-state index in [4.69, 9.17) is 5.84 Å². The predicted molar refractivity (Wildman–Crippen MR) is 67.1 cm³/mol. The molecule has 0 bridgehead atoms. The van der Waals surface area contributed by atoms with Crippen LogP contribution in [0.15, 0.2) is 0 Å². The minimum atomic E-state index is 0.367. The lowest BCUT2D eigenvalue weighted by Crippen LogP contribution is -2.32. The molecule has 14 heavy (non-hydrogen) atoms. The molecule has 0 fully saturated rings. The van der Waals surface area contributed by atoms with Crippen molar-refractivity contribution in [3.63, 3.8) is 0 Å². The highest BCUT2D eigenvalue weighted by Crippen LogP contribution is 2.29. The lowest BCUT2D eigenvalue weighted by Gasteiger charge is -2.25. The van der Waals surface area contributed by atoms with E-state index in [0.29, 0.717) is 5.37 Å². The van der Waals surface area contributed by atoms with E-state index in [2.05, 4.69) is 33.1 Å². The number of hydrogen-bond acceptors (Lipinski definition) is 3. The number of hydrazine groups is 1. The topological polar surface area (TPSA) is 38.0 Å². The molecule has 2 nitrogen and oxygen atoms in total. The first-order chi connectivity index (χ1) is 6.65. The van der Waals surface area contributed by atoms with Crippen molar-refractivity contribution in [1.82, 2.24) is 5.43 Å². The predicted octanol–water partition coefficient (Wildman–Crippen LogP) is 3.13. The number of nitrogens with one attached hydrogen (secondary N) is 1. The molecule has 3 unspecified atom stereocenters. The quantitative estimate of drug-likeness (QED) is 0.373. The maximum Gasteiger partial charge on any atom is 0.0638 e. The van der Waals surface area contributed by atoms with E-state index in [0.717, 1.165) is 11.2 Å². The van der Waals surface area contributed by atoms with Gasteiger partial charge in [0.05, 0.1) is 5.37 Å². The van der Waals surface area contributed by atoms with Crippen LogP contribution in [-0.4, -0.2) is 10.6 Å². The minimum absolute atomic E-state index is 0.367. The molecular weight excluding hydrogens is 192 g/mol. The Morgan fingerprint density at radius 3 is 2.14 bits per heavy atom. The Kier molecular flexibility index (Phi) is 8.73. The lowest BCUT2D eigenvalue weighted by molar-refractivity contribution is 0.478. The van der Waals surface area contributed by atoms with Gasteiger partial charge in [0.2, 0.25) is 0 Å². The van der Waals surface area contributed by atoms with Crippen LogP contribution in [0.2, 0.25) is 0 Å². The van der Waals surface area contributed by atoms with Crippen LogP contribution in [0.1, 0.15) is 53.4 Å². The number of rotatable bonds is 8. The maximum absolute atomic E-state index is 5.42. The van der Waals surface area contributed by atoms with Gasteiger partial charge in [0.25, 0.3) is 0 Å². The number of nitrogens with two attached hydrogens (primary N) is 1. The third kappa shape index (κ3) is 5.89. The Labute approximate surface area is 93.4 Å². The van der Waals surface area contributed by atoms with Gasteiger partial charge in [0.1, 0.15) is 0 Å². The van der Waals surface area contributed by atoms with Gasteiger partial charge in [-0.15, -0.1) is 11.8 Å². The minimum Gasteiger partial charge on any atom is -0.270 e. The summed E-state index contributed by atoms with van der Waals surface area (Å²) in [5.41, 5.74) is 2.81. The average Bonchev–Trinajstić information content (AvgIpc) is 2.17. The first-order valence-corrected chi connectivity index (χ1v) is 6.71. The molecule has 0 aromatic carbocycles. The Balaban J connectivity index is 3.98. The maximum atomic E-state index is 5.42. The summed E-state index contributed by atoms with van der Waals surface area (Å²) >= 11 is 1.98. The Morgan fingerprint density at radius 1 is 1.14 bits per heavy atom. The Hall–Kier alpha value is 0.270. The van der Waals surface area contributed by atoms with Gasteiger partial charge >= 0.3 is 0 Å². The van der Waals surface area contributed by atoms with E-state index >= 15 is 0 Å². The summed E-state index contributed by atoms with van der Waals surface area (Å²) in [4.78, 5) is 0. The fraction of sp³-hybridized carbons (Fsp3) is 1.00. The molecule has 0 aliphatic carbocycles.